The van der Waals surface area contributed by atoms with Gasteiger partial charge in [0.05, 0.1) is 5.92 Å². The molecule has 4 nitrogen and oxygen atoms in total. The van der Waals surface area contributed by atoms with Crippen LogP contribution < -0.4 is 0 Å². The van der Waals surface area contributed by atoms with E-state index < -0.39 is 5.97 Å². The van der Waals surface area contributed by atoms with Gasteiger partial charge in [0.1, 0.15) is 0 Å². The summed E-state index contributed by atoms with van der Waals surface area (Å²) in [7, 11) is 0. The average molecular weight is 308 g/mol. The zero-order chi connectivity index (χ0) is 15.0. The van der Waals surface area contributed by atoms with Gasteiger partial charge < -0.3 is 10.0 Å². The van der Waals surface area contributed by atoms with Crippen LogP contribution in [-0.4, -0.2) is 35.0 Å². The summed E-state index contributed by atoms with van der Waals surface area (Å²) in [5, 5.41) is 9.69. The van der Waals surface area contributed by atoms with Gasteiger partial charge in [0.25, 0.3) is 0 Å². The monoisotopic (exact) mass is 307 g/mol. The largest absolute Gasteiger partial charge is 0.481 e. The SMILES string of the molecule is O=C(O)C1CCN(C(=O)[C@@H]2C[C@H]2c2cccc(Cl)c2)CC1. The molecular formula is C16H18ClNO3. The number of carbonyl (C=O) groups excluding carboxylic acids is 1. The zero-order valence-corrected chi connectivity index (χ0v) is 12.4. The molecule has 112 valence electrons. The first kappa shape index (κ1) is 14.4. The van der Waals surface area contributed by atoms with E-state index in [1.165, 1.54) is 0 Å². The van der Waals surface area contributed by atoms with Gasteiger partial charge in [0.15, 0.2) is 0 Å². The molecule has 1 aromatic rings. The van der Waals surface area contributed by atoms with Crippen LogP contribution in [0.15, 0.2) is 24.3 Å². The van der Waals surface area contributed by atoms with Crippen molar-refractivity contribution in [1.29, 1.82) is 0 Å². The van der Waals surface area contributed by atoms with Crippen molar-refractivity contribution >= 4 is 23.5 Å². The second kappa shape index (κ2) is 5.68. The van der Waals surface area contributed by atoms with E-state index in [9.17, 15) is 9.59 Å². The average Bonchev–Trinajstić information content (AvgIpc) is 3.27. The van der Waals surface area contributed by atoms with Gasteiger partial charge in [-0.25, -0.2) is 0 Å². The van der Waals surface area contributed by atoms with E-state index in [2.05, 4.69) is 0 Å². The summed E-state index contributed by atoms with van der Waals surface area (Å²) in [6.45, 7) is 1.13. The zero-order valence-electron chi connectivity index (χ0n) is 11.7. The summed E-state index contributed by atoms with van der Waals surface area (Å²) in [6, 6.07) is 7.69. The Bertz CT molecular complexity index is 566. The molecule has 1 aromatic carbocycles. The van der Waals surface area contributed by atoms with Crippen molar-refractivity contribution in [3.8, 4) is 0 Å². The standard InChI is InChI=1S/C16H18ClNO3/c17-12-3-1-2-11(8-12)13-9-14(13)15(19)18-6-4-10(5-7-18)16(20)21/h1-3,8,10,13-14H,4-7,9H2,(H,20,21)/t13-,14+/m0/s1. The molecule has 1 saturated heterocycles. The second-order valence-corrected chi connectivity index (χ2v) is 6.38. The van der Waals surface area contributed by atoms with Crippen LogP contribution in [0.25, 0.3) is 0 Å². The maximum Gasteiger partial charge on any atom is 0.306 e. The lowest BCUT2D eigenvalue weighted by Crippen LogP contribution is -2.41. The van der Waals surface area contributed by atoms with Crippen LogP contribution in [0.2, 0.25) is 5.02 Å². The maximum absolute atomic E-state index is 12.5. The quantitative estimate of drug-likeness (QED) is 0.934. The van der Waals surface area contributed by atoms with E-state index in [-0.39, 0.29) is 23.7 Å². The van der Waals surface area contributed by atoms with Crippen molar-refractivity contribution in [2.45, 2.75) is 25.2 Å². The number of nitrogens with zero attached hydrogens (tertiary/aromatic N) is 1. The maximum atomic E-state index is 12.5. The minimum absolute atomic E-state index is 0.0462. The summed E-state index contributed by atoms with van der Waals surface area (Å²) in [5.74, 6) is -0.552. The lowest BCUT2D eigenvalue weighted by Gasteiger charge is -2.30. The number of benzene rings is 1. The molecule has 0 spiro atoms. The van der Waals surface area contributed by atoms with Gasteiger partial charge in [-0.1, -0.05) is 23.7 Å². The van der Waals surface area contributed by atoms with Gasteiger partial charge in [-0.3, -0.25) is 9.59 Å². The molecule has 1 heterocycles. The summed E-state index contributed by atoms with van der Waals surface area (Å²) in [5.41, 5.74) is 1.13. The molecule has 1 aliphatic heterocycles. The fraction of sp³-hybridized carbons (Fsp3) is 0.500. The first-order valence-corrected chi connectivity index (χ1v) is 7.71. The number of hydrogen-bond acceptors (Lipinski definition) is 2. The van der Waals surface area contributed by atoms with E-state index in [4.69, 9.17) is 16.7 Å². The molecule has 5 heteroatoms. The van der Waals surface area contributed by atoms with Crippen LogP contribution in [0.3, 0.4) is 0 Å². The molecule has 0 unspecified atom stereocenters. The van der Waals surface area contributed by atoms with Crippen molar-refractivity contribution in [2.24, 2.45) is 11.8 Å². The lowest BCUT2D eigenvalue weighted by molar-refractivity contribution is -0.146. The Labute approximate surface area is 128 Å². The molecule has 2 atom stereocenters. The van der Waals surface area contributed by atoms with Gasteiger partial charge in [-0.15, -0.1) is 0 Å². The van der Waals surface area contributed by atoms with Gasteiger partial charge >= 0.3 is 5.97 Å². The smallest absolute Gasteiger partial charge is 0.306 e. The van der Waals surface area contributed by atoms with Crippen molar-refractivity contribution < 1.29 is 14.7 Å². The van der Waals surface area contributed by atoms with Crippen LogP contribution in [0, 0.1) is 11.8 Å². The minimum Gasteiger partial charge on any atom is -0.481 e. The molecule has 3 rings (SSSR count). The van der Waals surface area contributed by atoms with E-state index in [0.717, 1.165) is 12.0 Å². The van der Waals surface area contributed by atoms with Crippen LogP contribution in [0.4, 0.5) is 0 Å². The fourth-order valence-electron chi connectivity index (χ4n) is 3.15. The van der Waals surface area contributed by atoms with E-state index >= 15 is 0 Å². The van der Waals surface area contributed by atoms with Gasteiger partial charge in [0.2, 0.25) is 5.91 Å². The predicted octanol–water partition coefficient (Wildman–Crippen LogP) is 2.77. The number of piperidine rings is 1. The first-order chi connectivity index (χ1) is 10.1. The molecule has 1 amide bonds. The summed E-state index contributed by atoms with van der Waals surface area (Å²) in [4.78, 5) is 25.2. The number of aliphatic carboxylic acids is 1. The van der Waals surface area contributed by atoms with Crippen molar-refractivity contribution in [2.75, 3.05) is 13.1 Å². The highest BCUT2D eigenvalue weighted by molar-refractivity contribution is 6.30. The number of likely N-dealkylation sites (tertiary alicyclic amines) is 1. The van der Waals surface area contributed by atoms with E-state index in [1.807, 2.05) is 29.2 Å². The molecule has 2 aliphatic rings. The third-order valence-electron chi connectivity index (χ3n) is 4.54. The number of carboxylic acid groups (broad SMARTS) is 1. The van der Waals surface area contributed by atoms with Crippen LogP contribution in [0.1, 0.15) is 30.7 Å². The molecule has 0 bridgehead atoms. The van der Waals surface area contributed by atoms with Crippen LogP contribution in [-0.2, 0) is 9.59 Å². The molecule has 1 N–H and O–H groups in total. The summed E-state index contributed by atoms with van der Waals surface area (Å²) >= 11 is 5.99. The Hall–Kier alpha value is -1.55. The first-order valence-electron chi connectivity index (χ1n) is 7.33. The second-order valence-electron chi connectivity index (χ2n) is 5.94. The summed E-state index contributed by atoms with van der Waals surface area (Å²) in [6.07, 6.45) is 2.00. The number of rotatable bonds is 3. The number of hydrogen-bond donors (Lipinski definition) is 1. The molecule has 1 saturated carbocycles. The Balaban J connectivity index is 1.57. The normalized spacial score (nSPS) is 25.7. The van der Waals surface area contributed by atoms with E-state index in [1.54, 1.807) is 0 Å². The molecule has 0 radical (unpaired) electrons. The minimum atomic E-state index is -0.745. The predicted molar refractivity (Wildman–Crippen MR) is 79.2 cm³/mol. The topological polar surface area (TPSA) is 57.6 Å². The lowest BCUT2D eigenvalue weighted by atomic mass is 9.96. The Kier molecular flexibility index (Phi) is 3.89. The van der Waals surface area contributed by atoms with Crippen molar-refractivity contribution in [3.05, 3.63) is 34.9 Å². The van der Waals surface area contributed by atoms with Crippen LogP contribution >= 0.6 is 11.6 Å². The Morgan fingerprint density at radius 2 is 1.95 bits per heavy atom. The van der Waals surface area contributed by atoms with Gasteiger partial charge in [-0.05, 0) is 42.9 Å². The fourth-order valence-corrected chi connectivity index (χ4v) is 3.35. The molecule has 0 aromatic heterocycles. The van der Waals surface area contributed by atoms with Gasteiger partial charge in [0, 0.05) is 24.0 Å². The van der Waals surface area contributed by atoms with Crippen molar-refractivity contribution in [3.63, 3.8) is 0 Å². The third-order valence-corrected chi connectivity index (χ3v) is 4.78. The van der Waals surface area contributed by atoms with Crippen LogP contribution in [0.5, 0.6) is 0 Å². The molecule has 2 fully saturated rings. The van der Waals surface area contributed by atoms with Gasteiger partial charge in [-0.2, -0.15) is 0 Å². The number of carbonyl (C=O) groups is 2. The molecule has 21 heavy (non-hydrogen) atoms. The molecular weight excluding hydrogens is 290 g/mol. The number of halogens is 1. The summed E-state index contributed by atoms with van der Waals surface area (Å²) < 4.78 is 0. The highest BCUT2D eigenvalue weighted by Gasteiger charge is 2.46. The molecule has 1 aliphatic carbocycles. The highest BCUT2D eigenvalue weighted by atomic mass is 35.5. The third kappa shape index (κ3) is 3.05. The highest BCUT2D eigenvalue weighted by Crippen LogP contribution is 2.49. The van der Waals surface area contributed by atoms with E-state index in [0.29, 0.717) is 31.0 Å². The van der Waals surface area contributed by atoms with Crippen molar-refractivity contribution in [1.82, 2.24) is 4.90 Å². The number of amides is 1. The Morgan fingerprint density at radius 3 is 2.57 bits per heavy atom. The number of carboxylic acids is 1. The Morgan fingerprint density at radius 1 is 1.24 bits per heavy atom.